The van der Waals surface area contributed by atoms with Crippen LogP contribution in [0.1, 0.15) is 25.5 Å². The molecule has 2 aromatic rings. The zero-order chi connectivity index (χ0) is 18.5. The molecular formula is C18H23N5O3. The Morgan fingerprint density at radius 2 is 2.08 bits per heavy atom. The molecule has 0 spiro atoms. The molecule has 0 saturated carbocycles. The maximum absolute atomic E-state index is 11.0. The van der Waals surface area contributed by atoms with Crippen molar-refractivity contribution in [2.75, 3.05) is 30.4 Å². The van der Waals surface area contributed by atoms with E-state index in [0.29, 0.717) is 6.04 Å². The van der Waals surface area contributed by atoms with Crippen LogP contribution < -0.4 is 15.0 Å². The summed E-state index contributed by atoms with van der Waals surface area (Å²) in [6, 6.07) is 7.25. The van der Waals surface area contributed by atoms with Crippen molar-refractivity contribution in [3.63, 3.8) is 0 Å². The largest absolute Gasteiger partial charge is 0.490 e. The summed E-state index contributed by atoms with van der Waals surface area (Å²) in [5.41, 5.74) is 1.86. The molecule has 8 heteroatoms. The van der Waals surface area contributed by atoms with Gasteiger partial charge in [0.1, 0.15) is 12.1 Å². The summed E-state index contributed by atoms with van der Waals surface area (Å²) in [5.74, 6) is 1.25. The molecule has 3 rings (SSSR count). The Bertz CT molecular complexity index is 775. The average molecular weight is 357 g/mol. The highest BCUT2D eigenvalue weighted by Crippen LogP contribution is 2.30. The van der Waals surface area contributed by atoms with Crippen molar-refractivity contribution in [2.24, 2.45) is 0 Å². The molecule has 1 aliphatic heterocycles. The number of aryl methyl sites for hydroxylation is 1. The third-order valence-corrected chi connectivity index (χ3v) is 4.64. The van der Waals surface area contributed by atoms with E-state index >= 15 is 0 Å². The molecular weight excluding hydrogens is 334 g/mol. The van der Waals surface area contributed by atoms with Crippen LogP contribution in [0.4, 0.5) is 17.2 Å². The van der Waals surface area contributed by atoms with Gasteiger partial charge in [0, 0.05) is 48.7 Å². The maximum Gasteiger partial charge on any atom is 0.311 e. The third-order valence-electron chi connectivity index (χ3n) is 4.64. The number of hydrogen-bond donors (Lipinski definition) is 1. The summed E-state index contributed by atoms with van der Waals surface area (Å²) in [7, 11) is 1.44. The fraction of sp³-hybridized carbons (Fsp3) is 0.444. The molecule has 1 aromatic carbocycles. The van der Waals surface area contributed by atoms with Crippen LogP contribution >= 0.6 is 0 Å². The van der Waals surface area contributed by atoms with Crippen LogP contribution in [0.5, 0.6) is 5.75 Å². The van der Waals surface area contributed by atoms with Crippen molar-refractivity contribution in [1.29, 1.82) is 0 Å². The fourth-order valence-corrected chi connectivity index (χ4v) is 3.16. The highest BCUT2D eigenvalue weighted by atomic mass is 16.6. The summed E-state index contributed by atoms with van der Waals surface area (Å²) in [4.78, 5) is 21.5. The predicted molar refractivity (Wildman–Crippen MR) is 99.9 cm³/mol. The summed E-state index contributed by atoms with van der Waals surface area (Å²) >= 11 is 0. The van der Waals surface area contributed by atoms with Crippen LogP contribution in [0.2, 0.25) is 0 Å². The molecule has 26 heavy (non-hydrogen) atoms. The smallest absolute Gasteiger partial charge is 0.311 e. The van der Waals surface area contributed by atoms with Crippen LogP contribution in [-0.2, 0) is 6.42 Å². The molecule has 1 N–H and O–H groups in total. The third kappa shape index (κ3) is 4.01. The number of ether oxygens (including phenoxy) is 1. The zero-order valence-electron chi connectivity index (χ0n) is 15.0. The summed E-state index contributed by atoms with van der Waals surface area (Å²) in [6.07, 6.45) is 4.45. The molecule has 1 aromatic heterocycles. The maximum atomic E-state index is 11.0. The van der Waals surface area contributed by atoms with E-state index in [1.54, 1.807) is 18.5 Å². The number of hydrogen-bond acceptors (Lipinski definition) is 7. The highest BCUT2D eigenvalue weighted by Gasteiger charge is 2.21. The van der Waals surface area contributed by atoms with E-state index < -0.39 is 4.92 Å². The summed E-state index contributed by atoms with van der Waals surface area (Å²) < 4.78 is 5.13. The van der Waals surface area contributed by atoms with Gasteiger partial charge in [0.2, 0.25) is 0 Å². The Kier molecular flexibility index (Phi) is 5.50. The lowest BCUT2D eigenvalue weighted by Gasteiger charge is -2.33. The van der Waals surface area contributed by atoms with Crippen molar-refractivity contribution in [2.45, 2.75) is 32.2 Å². The number of nitrogens with zero attached hydrogens (tertiary/aromatic N) is 4. The van der Waals surface area contributed by atoms with Crippen LogP contribution in [0.25, 0.3) is 0 Å². The number of nitro groups is 1. The minimum Gasteiger partial charge on any atom is -0.490 e. The number of nitrogens with one attached hydrogen (secondary N) is 1. The first-order chi connectivity index (χ1) is 12.6. The van der Waals surface area contributed by atoms with Gasteiger partial charge in [0.25, 0.3) is 0 Å². The molecule has 1 fully saturated rings. The first-order valence-electron chi connectivity index (χ1n) is 8.75. The molecule has 1 aliphatic rings. The first-order valence-corrected chi connectivity index (χ1v) is 8.75. The Hall–Kier alpha value is -2.90. The second-order valence-electron chi connectivity index (χ2n) is 6.27. The second-order valence-corrected chi connectivity index (χ2v) is 6.27. The van der Waals surface area contributed by atoms with Gasteiger partial charge in [-0.3, -0.25) is 10.1 Å². The molecule has 0 bridgehead atoms. The van der Waals surface area contributed by atoms with Crippen molar-refractivity contribution in [3.8, 4) is 5.75 Å². The minimum atomic E-state index is -0.437. The lowest BCUT2D eigenvalue weighted by Crippen LogP contribution is -2.39. The molecule has 0 radical (unpaired) electrons. The highest BCUT2D eigenvalue weighted by molar-refractivity contribution is 5.58. The molecule has 1 saturated heterocycles. The van der Waals surface area contributed by atoms with Gasteiger partial charge >= 0.3 is 5.69 Å². The Morgan fingerprint density at radius 1 is 1.31 bits per heavy atom. The fourth-order valence-electron chi connectivity index (χ4n) is 3.16. The summed E-state index contributed by atoms with van der Waals surface area (Å²) in [5, 5.41) is 14.4. The molecule has 0 unspecified atom stereocenters. The van der Waals surface area contributed by atoms with Crippen molar-refractivity contribution in [1.82, 2.24) is 9.97 Å². The Morgan fingerprint density at radius 3 is 2.73 bits per heavy atom. The number of nitro benzene ring substituents is 1. The number of rotatable bonds is 6. The lowest BCUT2D eigenvalue weighted by molar-refractivity contribution is -0.385. The minimum absolute atomic E-state index is 0.0247. The van der Waals surface area contributed by atoms with Gasteiger partial charge < -0.3 is 15.0 Å². The van der Waals surface area contributed by atoms with Gasteiger partial charge in [0.05, 0.1) is 12.0 Å². The number of aromatic nitrogens is 2. The Balaban J connectivity index is 1.61. The molecule has 2 heterocycles. The standard InChI is InChI=1S/C18H23N5O3/c1-3-13-11-18(20-12-19-13)22-8-6-14(7-9-22)21-15-4-5-16(23(24)25)17(10-15)26-2/h4-5,10-12,14,21H,3,6-9H2,1-2H3. The number of benzene rings is 1. The number of methoxy groups -OCH3 is 1. The van der Waals surface area contributed by atoms with Gasteiger partial charge in [-0.2, -0.15) is 0 Å². The van der Waals surface area contributed by atoms with Crippen molar-refractivity contribution >= 4 is 17.2 Å². The average Bonchev–Trinajstić information content (AvgIpc) is 2.68. The van der Waals surface area contributed by atoms with Crippen LogP contribution in [0.3, 0.4) is 0 Å². The lowest BCUT2D eigenvalue weighted by atomic mass is 10.0. The predicted octanol–water partition coefficient (Wildman–Crippen LogP) is 3.04. The monoisotopic (exact) mass is 357 g/mol. The van der Waals surface area contributed by atoms with E-state index in [0.717, 1.165) is 49.6 Å². The van der Waals surface area contributed by atoms with Crippen molar-refractivity contribution < 1.29 is 9.66 Å². The Labute approximate surface area is 152 Å². The van der Waals surface area contributed by atoms with E-state index in [2.05, 4.69) is 33.2 Å². The second kappa shape index (κ2) is 7.99. The van der Waals surface area contributed by atoms with E-state index in [4.69, 9.17) is 4.74 Å². The number of anilines is 2. The summed E-state index contributed by atoms with van der Waals surface area (Å²) in [6.45, 7) is 3.89. The number of piperidine rings is 1. The van der Waals surface area contributed by atoms with E-state index in [-0.39, 0.29) is 11.4 Å². The molecule has 0 amide bonds. The van der Waals surface area contributed by atoms with E-state index in [9.17, 15) is 10.1 Å². The van der Waals surface area contributed by atoms with Crippen LogP contribution in [0.15, 0.2) is 30.6 Å². The van der Waals surface area contributed by atoms with Gasteiger partial charge in [-0.15, -0.1) is 0 Å². The van der Waals surface area contributed by atoms with E-state index in [1.165, 1.54) is 13.2 Å². The zero-order valence-corrected chi connectivity index (χ0v) is 15.0. The van der Waals surface area contributed by atoms with Crippen molar-refractivity contribution in [3.05, 3.63) is 46.4 Å². The molecule has 0 aliphatic carbocycles. The van der Waals surface area contributed by atoms with Gasteiger partial charge in [-0.1, -0.05) is 6.92 Å². The molecule has 138 valence electrons. The topological polar surface area (TPSA) is 93.4 Å². The van der Waals surface area contributed by atoms with Gasteiger partial charge in [-0.05, 0) is 25.3 Å². The quantitative estimate of drug-likeness (QED) is 0.627. The van der Waals surface area contributed by atoms with Crippen LogP contribution in [-0.4, -0.2) is 41.1 Å². The SMILES string of the molecule is CCc1cc(N2CCC(Nc3ccc([N+](=O)[O-])c(OC)c3)CC2)ncn1. The molecule has 8 nitrogen and oxygen atoms in total. The molecule has 0 atom stereocenters. The first kappa shape index (κ1) is 17.9. The van der Waals surface area contributed by atoms with E-state index in [1.807, 2.05) is 0 Å². The normalized spacial score (nSPS) is 14.9. The van der Waals surface area contributed by atoms with Gasteiger partial charge in [-0.25, -0.2) is 9.97 Å². The van der Waals surface area contributed by atoms with Crippen LogP contribution in [0, 0.1) is 10.1 Å². The van der Waals surface area contributed by atoms with Gasteiger partial charge in [0.15, 0.2) is 5.75 Å².